The van der Waals surface area contributed by atoms with E-state index < -0.39 is 23.0 Å². The average Bonchev–Trinajstić information content (AvgIpc) is 3.00. The lowest BCUT2D eigenvalue weighted by atomic mass is 10.0. The number of benzene rings is 1. The molecule has 1 fully saturated rings. The molecule has 1 aromatic rings. The van der Waals surface area contributed by atoms with Crippen LogP contribution in [0.4, 0.5) is 8.78 Å². The van der Waals surface area contributed by atoms with Gasteiger partial charge in [-0.25, -0.2) is 8.78 Å². The molecule has 0 unspecified atom stereocenters. The number of nitrogens with zero attached hydrogens (tertiary/aromatic N) is 2. The summed E-state index contributed by atoms with van der Waals surface area (Å²) in [6.45, 7) is 3.72. The van der Waals surface area contributed by atoms with Crippen molar-refractivity contribution in [3.63, 3.8) is 0 Å². The minimum Gasteiger partial charge on any atom is -0.322 e. The lowest BCUT2D eigenvalue weighted by Crippen LogP contribution is -2.54. The van der Waals surface area contributed by atoms with Crippen molar-refractivity contribution >= 4 is 17.7 Å². The first-order chi connectivity index (χ1) is 12.2. The Morgan fingerprint density at radius 2 is 2.12 bits per heavy atom. The van der Waals surface area contributed by atoms with Crippen LogP contribution in [0, 0.1) is 17.1 Å². The first-order valence-corrected chi connectivity index (χ1v) is 9.71. The SMILES string of the molecule is CC(C)(SCCCc1ccc(F)cc1)[C@H](N)C(=O)N1C[C@@H](F)C[C@H]1C#N. The molecule has 1 heterocycles. The average molecular weight is 381 g/mol. The van der Waals surface area contributed by atoms with E-state index in [1.54, 1.807) is 23.9 Å². The fourth-order valence-corrected chi connectivity index (χ4v) is 4.07. The van der Waals surface area contributed by atoms with Gasteiger partial charge in [0.25, 0.3) is 0 Å². The Labute approximate surface area is 157 Å². The van der Waals surface area contributed by atoms with E-state index in [1.165, 1.54) is 17.0 Å². The van der Waals surface area contributed by atoms with Crippen LogP contribution in [-0.2, 0) is 11.2 Å². The summed E-state index contributed by atoms with van der Waals surface area (Å²) in [5, 5.41) is 9.11. The summed E-state index contributed by atoms with van der Waals surface area (Å²) in [4.78, 5) is 13.9. The Hall–Kier alpha value is -1.65. The molecule has 0 aliphatic carbocycles. The van der Waals surface area contributed by atoms with Crippen LogP contribution < -0.4 is 5.73 Å². The molecule has 3 atom stereocenters. The highest BCUT2D eigenvalue weighted by molar-refractivity contribution is 8.00. The second-order valence-corrected chi connectivity index (χ2v) is 8.88. The largest absolute Gasteiger partial charge is 0.322 e. The van der Waals surface area contributed by atoms with Crippen LogP contribution in [0.2, 0.25) is 0 Å². The number of hydrogen-bond donors (Lipinski definition) is 1. The maximum Gasteiger partial charge on any atom is 0.242 e. The van der Waals surface area contributed by atoms with E-state index in [-0.39, 0.29) is 24.7 Å². The van der Waals surface area contributed by atoms with Crippen molar-refractivity contribution in [2.75, 3.05) is 12.3 Å². The van der Waals surface area contributed by atoms with E-state index in [0.29, 0.717) is 0 Å². The van der Waals surface area contributed by atoms with Gasteiger partial charge in [0.2, 0.25) is 5.91 Å². The number of carbonyl (C=O) groups excluding carboxylic acids is 1. The topological polar surface area (TPSA) is 70.1 Å². The molecule has 1 aromatic carbocycles. The van der Waals surface area contributed by atoms with Gasteiger partial charge in [0.1, 0.15) is 18.0 Å². The molecule has 142 valence electrons. The number of amides is 1. The first-order valence-electron chi connectivity index (χ1n) is 8.72. The smallest absolute Gasteiger partial charge is 0.242 e. The highest BCUT2D eigenvalue weighted by Gasteiger charge is 2.41. The fraction of sp³-hybridized carbons (Fsp3) is 0.579. The molecule has 26 heavy (non-hydrogen) atoms. The molecule has 0 radical (unpaired) electrons. The third kappa shape index (κ3) is 5.18. The van der Waals surface area contributed by atoms with Gasteiger partial charge < -0.3 is 10.6 Å². The Balaban J connectivity index is 1.84. The van der Waals surface area contributed by atoms with Crippen molar-refractivity contribution in [1.82, 2.24) is 4.90 Å². The van der Waals surface area contributed by atoms with Crippen molar-refractivity contribution in [2.45, 2.75) is 56.1 Å². The summed E-state index contributed by atoms with van der Waals surface area (Å²) in [6.07, 6.45) is 0.582. The van der Waals surface area contributed by atoms with E-state index in [0.717, 1.165) is 24.2 Å². The number of alkyl halides is 1. The number of nitriles is 1. The van der Waals surface area contributed by atoms with Gasteiger partial charge >= 0.3 is 0 Å². The zero-order chi connectivity index (χ0) is 19.3. The minimum atomic E-state index is -1.16. The third-order valence-corrected chi connectivity index (χ3v) is 6.19. The number of rotatable bonds is 7. The molecular weight excluding hydrogens is 356 g/mol. The monoisotopic (exact) mass is 381 g/mol. The number of thioether (sulfide) groups is 1. The van der Waals surface area contributed by atoms with Crippen LogP contribution in [0.3, 0.4) is 0 Å². The van der Waals surface area contributed by atoms with Crippen molar-refractivity contribution in [3.8, 4) is 6.07 Å². The van der Waals surface area contributed by atoms with E-state index in [9.17, 15) is 13.6 Å². The van der Waals surface area contributed by atoms with Crippen molar-refractivity contribution in [3.05, 3.63) is 35.6 Å². The maximum absolute atomic E-state index is 13.6. The van der Waals surface area contributed by atoms with Gasteiger partial charge in [-0.1, -0.05) is 12.1 Å². The Bertz CT molecular complexity index is 660. The van der Waals surface area contributed by atoms with Crippen molar-refractivity contribution in [1.29, 1.82) is 5.26 Å². The maximum atomic E-state index is 13.6. The van der Waals surface area contributed by atoms with Gasteiger partial charge in [-0.3, -0.25) is 4.79 Å². The second kappa shape index (κ2) is 8.83. The summed E-state index contributed by atoms with van der Waals surface area (Å²) >= 11 is 1.58. The van der Waals surface area contributed by atoms with Crippen molar-refractivity contribution < 1.29 is 13.6 Å². The van der Waals surface area contributed by atoms with Crippen LogP contribution in [-0.4, -0.2) is 46.1 Å². The van der Waals surface area contributed by atoms with Gasteiger partial charge in [-0.05, 0) is 50.1 Å². The van der Waals surface area contributed by atoms with Crippen LogP contribution in [0.25, 0.3) is 0 Å². The number of hydrogen-bond acceptors (Lipinski definition) is 4. The van der Waals surface area contributed by atoms with Gasteiger partial charge in [-0.15, -0.1) is 0 Å². The van der Waals surface area contributed by atoms with Crippen molar-refractivity contribution in [2.24, 2.45) is 5.73 Å². The lowest BCUT2D eigenvalue weighted by Gasteiger charge is -2.33. The number of likely N-dealkylation sites (tertiary alicyclic amines) is 1. The van der Waals surface area contributed by atoms with Gasteiger partial charge in [0.05, 0.1) is 18.7 Å². The zero-order valence-corrected chi connectivity index (χ0v) is 15.9. The number of carbonyl (C=O) groups is 1. The molecular formula is C19H25F2N3OS. The number of nitrogens with two attached hydrogens (primary N) is 1. The Morgan fingerprint density at radius 3 is 2.73 bits per heavy atom. The zero-order valence-electron chi connectivity index (χ0n) is 15.1. The predicted octanol–water partition coefficient (Wildman–Crippen LogP) is 3.06. The standard InChI is InChI=1S/C19H25F2N3OS/c1-19(2,26-9-3-4-13-5-7-14(20)8-6-13)17(23)18(25)24-12-15(21)10-16(24)11-22/h5-8,15-17H,3-4,9-10,12,23H2,1-2H3/t15-,16-,17+/m0/s1. The fourth-order valence-electron chi connectivity index (χ4n) is 2.98. The normalized spacial score (nSPS) is 21.5. The first kappa shape index (κ1) is 20.7. The molecule has 0 aromatic heterocycles. The van der Waals surface area contributed by atoms with Gasteiger partial charge in [-0.2, -0.15) is 17.0 Å². The quantitative estimate of drug-likeness (QED) is 0.737. The summed E-state index contributed by atoms with van der Waals surface area (Å²) in [6, 6.07) is 6.87. The summed E-state index contributed by atoms with van der Waals surface area (Å²) < 4.78 is 25.9. The van der Waals surface area contributed by atoms with Crippen LogP contribution in [0.5, 0.6) is 0 Å². The molecule has 0 spiro atoms. The van der Waals surface area contributed by atoms with Crippen LogP contribution in [0.15, 0.2) is 24.3 Å². The molecule has 4 nitrogen and oxygen atoms in total. The Kier molecular flexibility index (Phi) is 7.01. The minimum absolute atomic E-state index is 0.0558. The van der Waals surface area contributed by atoms with Gasteiger partial charge in [0, 0.05) is 11.2 Å². The van der Waals surface area contributed by atoms with E-state index in [2.05, 4.69) is 0 Å². The molecule has 7 heteroatoms. The summed E-state index contributed by atoms with van der Waals surface area (Å²) in [5.41, 5.74) is 7.22. The Morgan fingerprint density at radius 1 is 1.46 bits per heavy atom. The molecule has 0 saturated carbocycles. The highest BCUT2D eigenvalue weighted by Crippen LogP contribution is 2.31. The molecule has 2 rings (SSSR count). The third-order valence-electron chi connectivity index (χ3n) is 4.69. The molecule has 1 saturated heterocycles. The predicted molar refractivity (Wildman–Crippen MR) is 99.9 cm³/mol. The molecule has 1 aliphatic rings. The number of aryl methyl sites for hydroxylation is 1. The molecule has 0 bridgehead atoms. The summed E-state index contributed by atoms with van der Waals surface area (Å²) in [7, 11) is 0. The summed E-state index contributed by atoms with van der Waals surface area (Å²) in [5.74, 6) is 0.174. The molecule has 1 amide bonds. The molecule has 1 aliphatic heterocycles. The second-order valence-electron chi connectivity index (χ2n) is 7.13. The lowest BCUT2D eigenvalue weighted by molar-refractivity contribution is -0.133. The van der Waals surface area contributed by atoms with E-state index >= 15 is 0 Å². The molecule has 2 N–H and O–H groups in total. The number of halogens is 2. The highest BCUT2D eigenvalue weighted by atomic mass is 32.2. The van der Waals surface area contributed by atoms with Crippen LogP contribution >= 0.6 is 11.8 Å². The van der Waals surface area contributed by atoms with Gasteiger partial charge in [0.15, 0.2) is 0 Å². The van der Waals surface area contributed by atoms with E-state index in [1.807, 2.05) is 19.9 Å². The van der Waals surface area contributed by atoms with E-state index in [4.69, 9.17) is 11.0 Å². The van der Waals surface area contributed by atoms with Crippen LogP contribution in [0.1, 0.15) is 32.3 Å².